The minimum atomic E-state index is -0.494. The van der Waals surface area contributed by atoms with Gasteiger partial charge in [0.05, 0.1) is 17.5 Å². The number of nitrogens with one attached hydrogen (secondary N) is 2. The molecule has 0 aliphatic carbocycles. The molecule has 1 atom stereocenters. The Labute approximate surface area is 170 Å². The van der Waals surface area contributed by atoms with E-state index < -0.39 is 5.25 Å². The van der Waals surface area contributed by atoms with Gasteiger partial charge in [0.15, 0.2) is 0 Å². The Hall–Kier alpha value is -2.84. The van der Waals surface area contributed by atoms with E-state index in [0.29, 0.717) is 22.9 Å². The normalized spacial score (nSPS) is 15.6. The lowest BCUT2D eigenvalue weighted by molar-refractivity contribution is -0.120. The third-order valence-electron chi connectivity index (χ3n) is 4.15. The van der Waals surface area contributed by atoms with Crippen molar-refractivity contribution in [3.05, 3.63) is 65.7 Å². The van der Waals surface area contributed by atoms with Crippen LogP contribution >= 0.6 is 23.4 Å². The fourth-order valence-electron chi connectivity index (χ4n) is 2.89. The van der Waals surface area contributed by atoms with E-state index in [9.17, 15) is 9.59 Å². The fourth-order valence-corrected chi connectivity index (χ4v) is 4.15. The number of nitrogens with zero attached hydrogens (tertiary/aromatic N) is 3. The van der Waals surface area contributed by atoms with E-state index in [0.717, 1.165) is 10.5 Å². The number of hydrogen-bond donors (Lipinski definition) is 2. The van der Waals surface area contributed by atoms with Gasteiger partial charge in [0.25, 0.3) is 0 Å². The van der Waals surface area contributed by atoms with Gasteiger partial charge in [0.2, 0.25) is 11.8 Å². The lowest BCUT2D eigenvalue weighted by atomic mass is 10.2. The number of amides is 2. The molecule has 9 heteroatoms. The molecule has 1 aromatic heterocycles. The largest absolute Gasteiger partial charge is 0.326 e. The van der Waals surface area contributed by atoms with Crippen LogP contribution < -0.4 is 10.6 Å². The van der Waals surface area contributed by atoms with E-state index >= 15 is 0 Å². The maximum atomic E-state index is 12.5. The SMILES string of the molecule is O=C(CC1Sc2ccc(Cl)cc2NC1=O)Nc1cccc(Cn2cncn2)c1. The smallest absolute Gasteiger partial charge is 0.238 e. The van der Waals surface area contributed by atoms with Crippen molar-refractivity contribution in [2.45, 2.75) is 23.1 Å². The lowest BCUT2D eigenvalue weighted by Crippen LogP contribution is -2.32. The van der Waals surface area contributed by atoms with Crippen LogP contribution in [-0.2, 0) is 16.1 Å². The Morgan fingerprint density at radius 1 is 1.29 bits per heavy atom. The number of rotatable bonds is 5. The molecule has 1 aliphatic rings. The molecule has 0 spiro atoms. The summed E-state index contributed by atoms with van der Waals surface area (Å²) in [6.07, 6.45) is 3.19. The summed E-state index contributed by atoms with van der Waals surface area (Å²) >= 11 is 7.33. The Morgan fingerprint density at radius 3 is 3.00 bits per heavy atom. The van der Waals surface area contributed by atoms with Crippen molar-refractivity contribution in [3.63, 3.8) is 0 Å². The molecule has 0 bridgehead atoms. The van der Waals surface area contributed by atoms with E-state index in [4.69, 9.17) is 11.6 Å². The first-order valence-electron chi connectivity index (χ1n) is 8.55. The second-order valence-corrected chi connectivity index (χ2v) is 7.96. The van der Waals surface area contributed by atoms with Gasteiger partial charge < -0.3 is 10.6 Å². The summed E-state index contributed by atoms with van der Waals surface area (Å²) in [6.45, 7) is 0.559. The van der Waals surface area contributed by atoms with Gasteiger partial charge in [-0.3, -0.25) is 9.59 Å². The zero-order valence-corrected chi connectivity index (χ0v) is 16.2. The van der Waals surface area contributed by atoms with Crippen LogP contribution in [0.5, 0.6) is 0 Å². The highest BCUT2D eigenvalue weighted by atomic mass is 35.5. The molecule has 7 nitrogen and oxygen atoms in total. The summed E-state index contributed by atoms with van der Waals surface area (Å²) in [5, 5.41) is 9.82. The average molecular weight is 414 g/mol. The number of benzene rings is 2. The van der Waals surface area contributed by atoms with E-state index in [1.807, 2.05) is 30.3 Å². The molecular weight excluding hydrogens is 398 g/mol. The van der Waals surface area contributed by atoms with Gasteiger partial charge >= 0.3 is 0 Å². The maximum absolute atomic E-state index is 12.5. The van der Waals surface area contributed by atoms with Gasteiger partial charge in [-0.2, -0.15) is 5.10 Å². The van der Waals surface area contributed by atoms with Crippen LogP contribution in [0.25, 0.3) is 0 Å². The number of hydrogen-bond acceptors (Lipinski definition) is 5. The van der Waals surface area contributed by atoms with Gasteiger partial charge in [-0.1, -0.05) is 23.7 Å². The maximum Gasteiger partial charge on any atom is 0.238 e. The predicted octanol–water partition coefficient (Wildman–Crippen LogP) is 3.42. The third kappa shape index (κ3) is 4.35. The Morgan fingerprint density at radius 2 is 2.18 bits per heavy atom. The first-order valence-corrected chi connectivity index (χ1v) is 9.81. The van der Waals surface area contributed by atoms with Crippen molar-refractivity contribution in [1.82, 2.24) is 14.8 Å². The fraction of sp³-hybridized carbons (Fsp3) is 0.158. The van der Waals surface area contributed by atoms with Crippen LogP contribution in [0.3, 0.4) is 0 Å². The number of thioether (sulfide) groups is 1. The standard InChI is InChI=1S/C19H16ClN5O2S/c20-13-4-5-16-15(7-13)24-19(27)17(28-16)8-18(26)23-14-3-1-2-12(6-14)9-25-11-21-10-22-25/h1-7,10-11,17H,8-9H2,(H,23,26)(H,24,27). The average Bonchev–Trinajstić information content (AvgIpc) is 3.16. The van der Waals surface area contributed by atoms with E-state index in [2.05, 4.69) is 20.7 Å². The number of carbonyl (C=O) groups is 2. The number of anilines is 2. The molecule has 142 valence electrons. The molecule has 28 heavy (non-hydrogen) atoms. The second-order valence-electron chi connectivity index (χ2n) is 6.28. The van der Waals surface area contributed by atoms with Crippen LogP contribution in [0.1, 0.15) is 12.0 Å². The number of carbonyl (C=O) groups excluding carboxylic acids is 2. The molecule has 3 aromatic rings. The lowest BCUT2D eigenvalue weighted by Gasteiger charge is -2.23. The Kier molecular flexibility index (Phi) is 5.31. The number of fused-ring (bicyclic) bond motifs is 1. The van der Waals surface area contributed by atoms with Gasteiger partial charge in [-0.15, -0.1) is 11.8 Å². The van der Waals surface area contributed by atoms with Gasteiger partial charge in [-0.05, 0) is 35.9 Å². The van der Waals surface area contributed by atoms with Crippen molar-refractivity contribution in [2.24, 2.45) is 0 Å². The molecule has 0 radical (unpaired) electrons. The highest BCUT2D eigenvalue weighted by Crippen LogP contribution is 2.38. The molecule has 2 N–H and O–H groups in total. The van der Waals surface area contributed by atoms with Crippen molar-refractivity contribution in [2.75, 3.05) is 10.6 Å². The monoisotopic (exact) mass is 413 g/mol. The summed E-state index contributed by atoms with van der Waals surface area (Å²) < 4.78 is 1.70. The first-order chi connectivity index (χ1) is 13.6. The van der Waals surface area contributed by atoms with Crippen molar-refractivity contribution in [1.29, 1.82) is 0 Å². The molecular formula is C19H16ClN5O2S. The third-order valence-corrected chi connectivity index (χ3v) is 5.66. The van der Waals surface area contributed by atoms with Crippen molar-refractivity contribution < 1.29 is 9.59 Å². The van der Waals surface area contributed by atoms with Gasteiger partial charge in [0, 0.05) is 22.0 Å². The minimum Gasteiger partial charge on any atom is -0.326 e. The van der Waals surface area contributed by atoms with Crippen LogP contribution in [0.15, 0.2) is 60.0 Å². The molecule has 1 unspecified atom stereocenters. The molecule has 2 heterocycles. The summed E-state index contributed by atoms with van der Waals surface area (Å²) in [4.78, 5) is 29.6. The zero-order valence-electron chi connectivity index (χ0n) is 14.6. The topological polar surface area (TPSA) is 88.9 Å². The summed E-state index contributed by atoms with van der Waals surface area (Å²) in [7, 11) is 0. The Bertz CT molecular complexity index is 1020. The predicted molar refractivity (Wildman–Crippen MR) is 109 cm³/mol. The molecule has 4 rings (SSSR count). The van der Waals surface area contributed by atoms with Crippen LogP contribution in [0, 0.1) is 0 Å². The molecule has 0 fully saturated rings. The van der Waals surface area contributed by atoms with Crippen LogP contribution in [0.2, 0.25) is 5.02 Å². The van der Waals surface area contributed by atoms with Crippen molar-refractivity contribution >= 4 is 46.6 Å². The Balaban J connectivity index is 1.39. The quantitative estimate of drug-likeness (QED) is 0.669. The van der Waals surface area contributed by atoms with E-state index in [1.165, 1.54) is 18.1 Å². The van der Waals surface area contributed by atoms with E-state index in [1.54, 1.807) is 23.1 Å². The number of halogens is 1. The highest BCUT2D eigenvalue weighted by Gasteiger charge is 2.29. The second kappa shape index (κ2) is 8.04. The van der Waals surface area contributed by atoms with Gasteiger partial charge in [-0.25, -0.2) is 9.67 Å². The van der Waals surface area contributed by atoms with Crippen LogP contribution in [-0.4, -0.2) is 31.8 Å². The molecule has 2 amide bonds. The van der Waals surface area contributed by atoms with Crippen LogP contribution in [0.4, 0.5) is 11.4 Å². The minimum absolute atomic E-state index is 0.0753. The van der Waals surface area contributed by atoms with Gasteiger partial charge in [0.1, 0.15) is 12.7 Å². The summed E-state index contributed by atoms with van der Waals surface area (Å²) in [5.41, 5.74) is 2.34. The van der Waals surface area contributed by atoms with E-state index in [-0.39, 0.29) is 18.2 Å². The molecule has 2 aromatic carbocycles. The van der Waals surface area contributed by atoms with Crippen molar-refractivity contribution in [3.8, 4) is 0 Å². The number of aromatic nitrogens is 3. The zero-order chi connectivity index (χ0) is 19.5. The summed E-state index contributed by atoms with van der Waals surface area (Å²) in [5.74, 6) is -0.419. The molecule has 0 saturated heterocycles. The molecule has 1 aliphatic heterocycles. The molecule has 0 saturated carbocycles. The first kappa shape index (κ1) is 18.5. The summed E-state index contributed by atoms with van der Waals surface area (Å²) in [6, 6.07) is 12.8. The highest BCUT2D eigenvalue weighted by molar-refractivity contribution is 8.01.